The Hall–Kier alpha value is -1.78. The van der Waals surface area contributed by atoms with E-state index >= 15 is 0 Å². The number of hydrogen-bond donors (Lipinski definition) is 1. The summed E-state index contributed by atoms with van der Waals surface area (Å²) in [6, 6.07) is 3.51. The van der Waals surface area contributed by atoms with Crippen LogP contribution in [0.15, 0.2) is 18.3 Å². The first-order valence-electron chi connectivity index (χ1n) is 5.76. The van der Waals surface area contributed by atoms with Gasteiger partial charge in [-0.2, -0.15) is 0 Å². The predicted molar refractivity (Wildman–Crippen MR) is 63.9 cm³/mol. The number of nitrogens with zero attached hydrogens (tertiary/aromatic N) is 2. The average Bonchev–Trinajstić information content (AvgIpc) is 2.74. The number of hydrogen-bond acceptors (Lipinski definition) is 2. The number of aliphatic carboxylic acids is 1. The molecule has 0 aliphatic carbocycles. The van der Waals surface area contributed by atoms with E-state index in [4.69, 9.17) is 5.11 Å². The molecule has 0 fully saturated rings. The summed E-state index contributed by atoms with van der Waals surface area (Å²) in [5, 5.41) is 8.78. The van der Waals surface area contributed by atoms with E-state index in [1.54, 1.807) is 12.1 Å². The van der Waals surface area contributed by atoms with Crippen molar-refractivity contribution in [3.05, 3.63) is 24.0 Å². The van der Waals surface area contributed by atoms with Crippen LogP contribution in [0.3, 0.4) is 0 Å². The van der Waals surface area contributed by atoms with Crippen LogP contribution in [-0.4, -0.2) is 39.5 Å². The van der Waals surface area contributed by atoms with Crippen molar-refractivity contribution >= 4 is 11.9 Å². The number of carbonyl (C=O) groups excluding carboxylic acids is 1. The molecule has 0 aromatic carbocycles. The van der Waals surface area contributed by atoms with Crippen molar-refractivity contribution in [3.8, 4) is 0 Å². The monoisotopic (exact) mass is 238 g/mol. The van der Waals surface area contributed by atoms with Gasteiger partial charge in [-0.1, -0.05) is 6.92 Å². The summed E-state index contributed by atoms with van der Waals surface area (Å²) in [6.45, 7) is 4.77. The summed E-state index contributed by atoms with van der Waals surface area (Å²) in [5.41, 5.74) is 0.544. The van der Waals surface area contributed by atoms with Crippen LogP contribution >= 0.6 is 0 Å². The lowest BCUT2D eigenvalue weighted by atomic mass is 10.3. The van der Waals surface area contributed by atoms with Crippen LogP contribution in [-0.2, 0) is 11.3 Å². The van der Waals surface area contributed by atoms with Crippen LogP contribution < -0.4 is 0 Å². The van der Waals surface area contributed by atoms with E-state index in [-0.39, 0.29) is 12.5 Å². The molecule has 1 heterocycles. The molecule has 1 amide bonds. The molecule has 0 atom stereocenters. The van der Waals surface area contributed by atoms with Crippen molar-refractivity contribution < 1.29 is 14.7 Å². The Labute approximate surface area is 101 Å². The molecule has 1 rings (SSSR count). The second-order valence-electron chi connectivity index (χ2n) is 3.80. The molecule has 0 spiro atoms. The fourth-order valence-corrected chi connectivity index (χ4v) is 1.73. The summed E-state index contributed by atoms with van der Waals surface area (Å²) < 4.78 is 1.81. The summed E-state index contributed by atoms with van der Waals surface area (Å²) in [7, 11) is 0. The zero-order valence-corrected chi connectivity index (χ0v) is 10.2. The lowest BCUT2D eigenvalue weighted by molar-refractivity contribution is -0.137. The van der Waals surface area contributed by atoms with Gasteiger partial charge in [-0.3, -0.25) is 9.59 Å². The quantitative estimate of drug-likeness (QED) is 0.815. The molecule has 0 bridgehead atoms. The molecular weight excluding hydrogens is 220 g/mol. The summed E-state index contributed by atoms with van der Waals surface area (Å²) in [6.07, 6.45) is 2.56. The molecule has 0 saturated heterocycles. The molecule has 0 aliphatic heterocycles. The normalized spacial score (nSPS) is 10.2. The topological polar surface area (TPSA) is 62.5 Å². The molecule has 0 aliphatic rings. The van der Waals surface area contributed by atoms with Crippen LogP contribution in [0.2, 0.25) is 0 Å². The summed E-state index contributed by atoms with van der Waals surface area (Å²) >= 11 is 0. The van der Waals surface area contributed by atoms with Crippen molar-refractivity contribution in [2.75, 3.05) is 13.1 Å². The van der Waals surface area contributed by atoms with Gasteiger partial charge in [0.15, 0.2) is 0 Å². The van der Waals surface area contributed by atoms with Gasteiger partial charge in [-0.25, -0.2) is 0 Å². The number of aromatic nitrogens is 1. The van der Waals surface area contributed by atoms with Crippen LogP contribution in [0.25, 0.3) is 0 Å². The summed E-state index contributed by atoms with van der Waals surface area (Å²) in [4.78, 5) is 24.2. The third-order valence-electron chi connectivity index (χ3n) is 2.50. The summed E-state index contributed by atoms with van der Waals surface area (Å²) in [5.74, 6) is -1.21. The Morgan fingerprint density at radius 3 is 2.65 bits per heavy atom. The van der Waals surface area contributed by atoms with Gasteiger partial charge >= 0.3 is 5.97 Å². The van der Waals surface area contributed by atoms with E-state index in [9.17, 15) is 9.59 Å². The van der Waals surface area contributed by atoms with E-state index in [0.717, 1.165) is 6.42 Å². The van der Waals surface area contributed by atoms with Crippen LogP contribution in [0, 0.1) is 0 Å². The molecule has 0 radical (unpaired) electrons. The standard InChI is InChI=1S/C12H18N2O3/c1-3-7-14(9-11(15)16)12(17)10-6-5-8-13(10)4-2/h5-6,8H,3-4,7,9H2,1-2H3,(H,15,16). The molecule has 0 saturated carbocycles. The predicted octanol–water partition coefficient (Wildman–Crippen LogP) is 1.44. The third-order valence-corrected chi connectivity index (χ3v) is 2.50. The molecule has 1 aromatic heterocycles. The fourth-order valence-electron chi connectivity index (χ4n) is 1.73. The van der Waals surface area contributed by atoms with Crippen LogP contribution in [0.5, 0.6) is 0 Å². The minimum absolute atomic E-state index is 0.221. The van der Waals surface area contributed by atoms with Crippen molar-refractivity contribution in [2.24, 2.45) is 0 Å². The smallest absolute Gasteiger partial charge is 0.323 e. The van der Waals surface area contributed by atoms with Crippen LogP contribution in [0.4, 0.5) is 0 Å². The molecule has 5 nitrogen and oxygen atoms in total. The first kappa shape index (κ1) is 13.3. The van der Waals surface area contributed by atoms with Gasteiger partial charge < -0.3 is 14.6 Å². The van der Waals surface area contributed by atoms with Crippen molar-refractivity contribution in [1.29, 1.82) is 0 Å². The van der Waals surface area contributed by atoms with Crippen molar-refractivity contribution in [1.82, 2.24) is 9.47 Å². The Morgan fingerprint density at radius 2 is 2.12 bits per heavy atom. The molecule has 1 N–H and O–H groups in total. The highest BCUT2D eigenvalue weighted by molar-refractivity contribution is 5.94. The molecular formula is C12H18N2O3. The minimum atomic E-state index is -0.985. The Balaban J connectivity index is 2.87. The Bertz CT molecular complexity index is 398. The Morgan fingerprint density at radius 1 is 1.41 bits per heavy atom. The molecule has 1 aromatic rings. The van der Waals surface area contributed by atoms with E-state index < -0.39 is 5.97 Å². The number of amides is 1. The van der Waals surface area contributed by atoms with E-state index in [0.29, 0.717) is 18.8 Å². The average molecular weight is 238 g/mol. The van der Waals surface area contributed by atoms with Gasteiger partial charge in [0.2, 0.25) is 0 Å². The first-order valence-corrected chi connectivity index (χ1v) is 5.76. The van der Waals surface area contributed by atoms with Gasteiger partial charge in [0.05, 0.1) is 0 Å². The first-order chi connectivity index (χ1) is 8.10. The van der Waals surface area contributed by atoms with E-state index in [2.05, 4.69) is 0 Å². The van der Waals surface area contributed by atoms with E-state index in [1.165, 1.54) is 4.90 Å². The highest BCUT2D eigenvalue weighted by atomic mass is 16.4. The maximum atomic E-state index is 12.2. The maximum absolute atomic E-state index is 12.2. The lowest BCUT2D eigenvalue weighted by Gasteiger charge is -2.20. The number of carboxylic acid groups (broad SMARTS) is 1. The van der Waals surface area contributed by atoms with Gasteiger partial charge in [-0.15, -0.1) is 0 Å². The minimum Gasteiger partial charge on any atom is -0.480 e. The second kappa shape index (κ2) is 6.08. The fraction of sp³-hybridized carbons (Fsp3) is 0.500. The van der Waals surface area contributed by atoms with Gasteiger partial charge in [-0.05, 0) is 25.5 Å². The number of carbonyl (C=O) groups is 2. The molecule has 0 unspecified atom stereocenters. The van der Waals surface area contributed by atoms with Crippen molar-refractivity contribution in [2.45, 2.75) is 26.8 Å². The second-order valence-corrected chi connectivity index (χ2v) is 3.80. The lowest BCUT2D eigenvalue weighted by Crippen LogP contribution is -2.37. The van der Waals surface area contributed by atoms with Gasteiger partial charge in [0.1, 0.15) is 12.2 Å². The number of carboxylic acids is 1. The van der Waals surface area contributed by atoms with Gasteiger partial charge in [0.25, 0.3) is 5.91 Å². The highest BCUT2D eigenvalue weighted by Gasteiger charge is 2.19. The number of aryl methyl sites for hydroxylation is 1. The molecule has 94 valence electrons. The van der Waals surface area contributed by atoms with E-state index in [1.807, 2.05) is 24.6 Å². The van der Waals surface area contributed by atoms with Gasteiger partial charge in [0, 0.05) is 19.3 Å². The SMILES string of the molecule is CCCN(CC(=O)O)C(=O)c1cccn1CC. The van der Waals surface area contributed by atoms with Crippen LogP contribution in [0.1, 0.15) is 30.8 Å². The zero-order valence-electron chi connectivity index (χ0n) is 10.2. The molecule has 5 heteroatoms. The Kier molecular flexibility index (Phi) is 4.75. The zero-order chi connectivity index (χ0) is 12.8. The number of rotatable bonds is 6. The molecule has 17 heavy (non-hydrogen) atoms. The van der Waals surface area contributed by atoms with Crippen molar-refractivity contribution in [3.63, 3.8) is 0 Å². The maximum Gasteiger partial charge on any atom is 0.323 e. The third kappa shape index (κ3) is 3.34. The highest BCUT2D eigenvalue weighted by Crippen LogP contribution is 2.07. The largest absolute Gasteiger partial charge is 0.480 e.